The Labute approximate surface area is 288 Å². The van der Waals surface area contributed by atoms with Crippen molar-refractivity contribution in [2.45, 2.75) is 90.3 Å². The van der Waals surface area contributed by atoms with Gasteiger partial charge in [0.25, 0.3) is 0 Å². The van der Waals surface area contributed by atoms with E-state index in [0.717, 1.165) is 11.1 Å². The number of nitrogens with zero attached hydrogens (tertiary/aromatic N) is 1. The number of carboxylic acids is 1. The van der Waals surface area contributed by atoms with Gasteiger partial charge in [0.1, 0.15) is 37.6 Å². The fourth-order valence-corrected chi connectivity index (χ4v) is 6.35. The number of ether oxygens (including phenoxy) is 3. The third-order valence-electron chi connectivity index (χ3n) is 9.04. The van der Waals surface area contributed by atoms with Crippen LogP contribution in [0.15, 0.2) is 72.3 Å². The standard InChI is InChI=1S/C38H56N2O7Si/c1-37(2,3)46-36(43)40(21-24-44-25-22-40)23-26-45-32-19-17-30(18-20-32)27-33(39)34(47-48(7,8)38(4,5)6)28-31(35(41)42)16-12-15-29-13-10-9-11-14-29/h9-15,17-20,28,33-34H,16,21-27,39H2,1-8H3/p+1/t33-,34-/m0/s1. The molecule has 3 N–H and O–H groups in total. The van der Waals surface area contributed by atoms with Crippen LogP contribution in [-0.4, -0.2) is 87.2 Å². The fraction of sp³-hybridized carbons (Fsp3) is 0.526. The van der Waals surface area contributed by atoms with Crippen molar-refractivity contribution in [3.63, 3.8) is 0 Å². The van der Waals surface area contributed by atoms with Gasteiger partial charge in [-0.15, -0.1) is 0 Å². The highest BCUT2D eigenvalue weighted by Crippen LogP contribution is 2.38. The molecule has 0 radical (unpaired) electrons. The van der Waals surface area contributed by atoms with Gasteiger partial charge in [-0.2, -0.15) is 4.79 Å². The van der Waals surface area contributed by atoms with E-state index in [-0.39, 0.29) is 27.6 Å². The summed E-state index contributed by atoms with van der Waals surface area (Å²) in [7, 11) is -2.30. The first-order valence-corrected chi connectivity index (χ1v) is 19.8. The number of morpholine rings is 1. The van der Waals surface area contributed by atoms with E-state index in [2.05, 4.69) is 33.9 Å². The lowest BCUT2D eigenvalue weighted by atomic mass is 9.99. The van der Waals surface area contributed by atoms with Crippen LogP contribution in [0, 0.1) is 0 Å². The van der Waals surface area contributed by atoms with Crippen molar-refractivity contribution in [2.75, 3.05) is 39.5 Å². The minimum atomic E-state index is -2.30. The van der Waals surface area contributed by atoms with Gasteiger partial charge in [0.2, 0.25) is 0 Å². The van der Waals surface area contributed by atoms with Gasteiger partial charge in [-0.25, -0.2) is 9.28 Å². The Bertz CT molecular complexity index is 1390. The Morgan fingerprint density at radius 2 is 1.62 bits per heavy atom. The van der Waals surface area contributed by atoms with E-state index in [1.807, 2.05) is 87.5 Å². The third kappa shape index (κ3) is 12.0. The molecule has 1 amide bonds. The van der Waals surface area contributed by atoms with E-state index in [4.69, 9.17) is 24.4 Å². The zero-order chi connectivity index (χ0) is 35.6. The normalized spacial score (nSPS) is 17.1. The maximum Gasteiger partial charge on any atom is 0.516 e. The van der Waals surface area contributed by atoms with Crippen LogP contribution in [-0.2, 0) is 25.1 Å². The van der Waals surface area contributed by atoms with Crippen LogP contribution in [0.25, 0.3) is 6.08 Å². The molecule has 1 aliphatic rings. The van der Waals surface area contributed by atoms with Gasteiger partial charge >= 0.3 is 12.1 Å². The summed E-state index contributed by atoms with van der Waals surface area (Å²) in [5.74, 6) is -0.298. The molecule has 2 atom stereocenters. The van der Waals surface area contributed by atoms with Crippen LogP contribution in [0.5, 0.6) is 5.75 Å². The molecule has 1 saturated heterocycles. The molecule has 0 spiro atoms. The lowest BCUT2D eigenvalue weighted by Crippen LogP contribution is -2.61. The van der Waals surface area contributed by atoms with Gasteiger partial charge in [0.15, 0.2) is 8.32 Å². The number of amides is 1. The van der Waals surface area contributed by atoms with Crippen molar-refractivity contribution in [3.05, 3.63) is 83.4 Å². The number of nitrogens with two attached hydrogens (primary N) is 1. The van der Waals surface area contributed by atoms with Gasteiger partial charge in [-0.1, -0.05) is 75.4 Å². The monoisotopic (exact) mass is 681 g/mol. The molecule has 3 rings (SSSR count). The second-order valence-electron chi connectivity index (χ2n) is 15.1. The van der Waals surface area contributed by atoms with Crippen LogP contribution in [0.2, 0.25) is 18.1 Å². The van der Waals surface area contributed by atoms with E-state index in [1.54, 1.807) is 6.08 Å². The van der Waals surface area contributed by atoms with Crippen LogP contribution >= 0.6 is 0 Å². The predicted octanol–water partition coefficient (Wildman–Crippen LogP) is 7.22. The molecule has 0 bridgehead atoms. The summed E-state index contributed by atoms with van der Waals surface area (Å²) in [6.45, 7) is 19.3. The van der Waals surface area contributed by atoms with E-state index in [9.17, 15) is 14.7 Å². The fourth-order valence-electron chi connectivity index (χ4n) is 5.07. The number of carbonyl (C=O) groups is 2. The van der Waals surface area contributed by atoms with Gasteiger partial charge in [-0.05, 0) is 81.1 Å². The summed E-state index contributed by atoms with van der Waals surface area (Å²) < 4.78 is 24.3. The second-order valence-corrected chi connectivity index (χ2v) is 19.9. The summed E-state index contributed by atoms with van der Waals surface area (Å²) in [5, 5.41) is 10.0. The Morgan fingerprint density at radius 1 is 1.00 bits per heavy atom. The molecule has 1 aliphatic heterocycles. The van der Waals surface area contributed by atoms with Crippen molar-refractivity contribution >= 4 is 26.5 Å². The summed E-state index contributed by atoms with van der Waals surface area (Å²) in [6, 6.07) is 17.0. The lowest BCUT2D eigenvalue weighted by molar-refractivity contribution is -0.867. The highest BCUT2D eigenvalue weighted by atomic mass is 28.4. The van der Waals surface area contributed by atoms with Crippen LogP contribution < -0.4 is 10.5 Å². The molecule has 2 aromatic carbocycles. The number of carbonyl (C=O) groups excluding carboxylic acids is 1. The summed E-state index contributed by atoms with van der Waals surface area (Å²) in [6.07, 6.45) is 5.39. The number of aliphatic carboxylic acids is 1. The average molecular weight is 682 g/mol. The molecule has 10 heteroatoms. The van der Waals surface area contributed by atoms with Gasteiger partial charge in [-0.3, -0.25) is 0 Å². The average Bonchev–Trinajstić information content (AvgIpc) is 3.00. The number of rotatable bonds is 14. The topological polar surface area (TPSA) is 117 Å². The van der Waals surface area contributed by atoms with Gasteiger partial charge in [0, 0.05) is 11.6 Å². The molecule has 0 saturated carbocycles. The van der Waals surface area contributed by atoms with Crippen LogP contribution in [0.3, 0.4) is 0 Å². The maximum absolute atomic E-state index is 13.1. The number of hydrogen-bond acceptors (Lipinski definition) is 7. The molecule has 264 valence electrons. The minimum absolute atomic E-state index is 0.0835. The molecule has 0 unspecified atom stereocenters. The second kappa shape index (κ2) is 16.9. The van der Waals surface area contributed by atoms with Crippen molar-refractivity contribution in [2.24, 2.45) is 5.73 Å². The number of quaternary nitrogens is 1. The summed E-state index contributed by atoms with van der Waals surface area (Å²) in [4.78, 5) is 25.4. The summed E-state index contributed by atoms with van der Waals surface area (Å²) >= 11 is 0. The first kappa shape index (κ1) is 39.2. The Kier molecular flexibility index (Phi) is 13.8. The van der Waals surface area contributed by atoms with Crippen molar-refractivity contribution < 1.29 is 37.8 Å². The molecule has 2 aromatic rings. The quantitative estimate of drug-likeness (QED) is 0.122. The minimum Gasteiger partial charge on any atom is -0.488 e. The Morgan fingerprint density at radius 3 is 2.19 bits per heavy atom. The molecule has 0 aromatic heterocycles. The van der Waals surface area contributed by atoms with Gasteiger partial charge < -0.3 is 29.5 Å². The van der Waals surface area contributed by atoms with Crippen molar-refractivity contribution in [1.82, 2.24) is 0 Å². The predicted molar refractivity (Wildman–Crippen MR) is 193 cm³/mol. The molecule has 1 fully saturated rings. The highest BCUT2D eigenvalue weighted by molar-refractivity contribution is 6.74. The van der Waals surface area contributed by atoms with Crippen molar-refractivity contribution in [3.8, 4) is 5.75 Å². The van der Waals surface area contributed by atoms with Crippen LogP contribution in [0.4, 0.5) is 4.79 Å². The number of benzene rings is 2. The number of allylic oxidation sites excluding steroid dienone is 1. The van der Waals surface area contributed by atoms with Gasteiger partial charge in [0.05, 0.1) is 19.3 Å². The number of carboxylic acid groups (broad SMARTS) is 1. The molecule has 48 heavy (non-hydrogen) atoms. The molecule has 9 nitrogen and oxygen atoms in total. The zero-order valence-corrected chi connectivity index (χ0v) is 31.2. The molecular formula is C38H57N2O7Si+. The Hall–Kier alpha value is -3.28. The smallest absolute Gasteiger partial charge is 0.488 e. The Balaban J connectivity index is 1.71. The first-order chi connectivity index (χ1) is 22.4. The van der Waals surface area contributed by atoms with E-state index in [1.165, 1.54) is 0 Å². The zero-order valence-electron chi connectivity index (χ0n) is 30.2. The van der Waals surface area contributed by atoms with E-state index in [0.29, 0.717) is 51.6 Å². The van der Waals surface area contributed by atoms with Crippen molar-refractivity contribution in [1.29, 1.82) is 0 Å². The SMILES string of the molecule is CC(C)(C)OC(=O)[N+]1(CCOc2ccc(C[C@H](N)[C@H](C=C(CC=Cc3ccccc3)C(=O)O)O[Si](C)(C)C(C)(C)C)cc2)CCOCC1. The lowest BCUT2D eigenvalue weighted by Gasteiger charge is -2.40. The molecular weight excluding hydrogens is 625 g/mol. The largest absolute Gasteiger partial charge is 0.516 e. The van der Waals surface area contributed by atoms with E-state index >= 15 is 0 Å². The molecule has 1 heterocycles. The first-order valence-electron chi connectivity index (χ1n) is 16.9. The number of hydrogen-bond donors (Lipinski definition) is 2. The molecule has 0 aliphatic carbocycles. The highest BCUT2D eigenvalue weighted by Gasteiger charge is 2.43. The third-order valence-corrected chi connectivity index (χ3v) is 13.5. The maximum atomic E-state index is 13.1. The van der Waals surface area contributed by atoms with Crippen LogP contribution in [0.1, 0.15) is 59.1 Å². The van der Waals surface area contributed by atoms with E-state index < -0.39 is 32.0 Å². The summed E-state index contributed by atoms with van der Waals surface area (Å²) in [5.41, 5.74) is 8.48.